The smallest absolute Gasteiger partial charge is 0.262 e. The normalized spacial score (nSPS) is 10.4. The molecule has 0 bridgehead atoms. The number of nitrogens with one attached hydrogen (secondary N) is 2. The SMILES string of the molecule is Cc1cccc(OCC(=O)Nc2ccc(Nc3cc(-n4cccn4)ncn3)cc2)c1. The Kier molecular flexibility index (Phi) is 5.66. The molecule has 0 fully saturated rings. The van der Waals surface area contributed by atoms with Crippen molar-refractivity contribution in [2.45, 2.75) is 6.92 Å². The van der Waals surface area contributed by atoms with Crippen LogP contribution in [0.25, 0.3) is 5.82 Å². The molecule has 8 nitrogen and oxygen atoms in total. The minimum absolute atomic E-state index is 0.0550. The fourth-order valence-electron chi connectivity index (χ4n) is 2.78. The summed E-state index contributed by atoms with van der Waals surface area (Å²) in [6.45, 7) is 1.92. The zero-order chi connectivity index (χ0) is 20.8. The number of benzene rings is 2. The summed E-state index contributed by atoms with van der Waals surface area (Å²) in [6.07, 6.45) is 4.97. The van der Waals surface area contributed by atoms with Crippen LogP contribution in [0.15, 0.2) is 79.4 Å². The van der Waals surface area contributed by atoms with E-state index in [2.05, 4.69) is 25.7 Å². The second-order valence-electron chi connectivity index (χ2n) is 6.57. The van der Waals surface area contributed by atoms with Crippen molar-refractivity contribution < 1.29 is 9.53 Å². The summed E-state index contributed by atoms with van der Waals surface area (Å²) in [5, 5.41) is 10.2. The first-order valence-electron chi connectivity index (χ1n) is 9.34. The number of hydrogen-bond acceptors (Lipinski definition) is 6. The first-order chi connectivity index (χ1) is 14.7. The summed E-state index contributed by atoms with van der Waals surface area (Å²) in [7, 11) is 0. The van der Waals surface area contributed by atoms with Crippen LogP contribution in [0.1, 0.15) is 5.56 Å². The Labute approximate surface area is 173 Å². The molecule has 0 saturated heterocycles. The number of amides is 1. The molecule has 0 atom stereocenters. The third-order valence-electron chi connectivity index (χ3n) is 4.19. The maximum Gasteiger partial charge on any atom is 0.262 e. The van der Waals surface area contributed by atoms with E-state index >= 15 is 0 Å². The van der Waals surface area contributed by atoms with Crippen molar-refractivity contribution in [3.63, 3.8) is 0 Å². The van der Waals surface area contributed by atoms with E-state index in [-0.39, 0.29) is 12.5 Å². The van der Waals surface area contributed by atoms with Gasteiger partial charge >= 0.3 is 0 Å². The first-order valence-corrected chi connectivity index (χ1v) is 9.34. The lowest BCUT2D eigenvalue weighted by atomic mass is 10.2. The number of aromatic nitrogens is 4. The average molecular weight is 400 g/mol. The minimum atomic E-state index is -0.225. The van der Waals surface area contributed by atoms with Gasteiger partial charge in [-0.05, 0) is 55.0 Å². The summed E-state index contributed by atoms with van der Waals surface area (Å²) in [5.41, 5.74) is 2.59. The topological polar surface area (TPSA) is 94.0 Å². The molecule has 2 aromatic carbocycles. The van der Waals surface area contributed by atoms with Crippen LogP contribution in [0.3, 0.4) is 0 Å². The summed E-state index contributed by atoms with van der Waals surface area (Å²) >= 11 is 0. The van der Waals surface area contributed by atoms with Gasteiger partial charge in [0.2, 0.25) is 0 Å². The largest absolute Gasteiger partial charge is 0.484 e. The Morgan fingerprint density at radius 3 is 2.63 bits per heavy atom. The van der Waals surface area contributed by atoms with Crippen molar-refractivity contribution in [3.05, 3.63) is 84.9 Å². The molecule has 0 aliphatic heterocycles. The van der Waals surface area contributed by atoms with E-state index in [4.69, 9.17) is 4.74 Å². The Morgan fingerprint density at radius 2 is 1.87 bits per heavy atom. The van der Waals surface area contributed by atoms with Gasteiger partial charge in [-0.3, -0.25) is 4.79 Å². The molecule has 0 aliphatic carbocycles. The summed E-state index contributed by atoms with van der Waals surface area (Å²) in [4.78, 5) is 20.5. The quantitative estimate of drug-likeness (QED) is 0.491. The van der Waals surface area contributed by atoms with Gasteiger partial charge in [0.25, 0.3) is 5.91 Å². The zero-order valence-electron chi connectivity index (χ0n) is 16.3. The van der Waals surface area contributed by atoms with Crippen LogP contribution in [0, 0.1) is 6.92 Å². The number of ether oxygens (including phenoxy) is 1. The third-order valence-corrected chi connectivity index (χ3v) is 4.19. The molecule has 0 saturated carbocycles. The van der Waals surface area contributed by atoms with Gasteiger partial charge in [0.05, 0.1) is 0 Å². The molecule has 1 amide bonds. The van der Waals surface area contributed by atoms with E-state index < -0.39 is 0 Å². The molecular formula is C22H20N6O2. The molecule has 4 aromatic rings. The molecular weight excluding hydrogens is 380 g/mol. The van der Waals surface area contributed by atoms with Crippen molar-refractivity contribution >= 4 is 23.1 Å². The predicted molar refractivity (Wildman–Crippen MR) is 114 cm³/mol. The van der Waals surface area contributed by atoms with Gasteiger partial charge in [-0.1, -0.05) is 12.1 Å². The van der Waals surface area contributed by atoms with Crippen LogP contribution in [-0.4, -0.2) is 32.3 Å². The number of anilines is 3. The zero-order valence-corrected chi connectivity index (χ0v) is 16.3. The highest BCUT2D eigenvalue weighted by Crippen LogP contribution is 2.19. The third kappa shape index (κ3) is 4.99. The lowest BCUT2D eigenvalue weighted by Gasteiger charge is -2.10. The van der Waals surface area contributed by atoms with Crippen LogP contribution >= 0.6 is 0 Å². The fourth-order valence-corrected chi connectivity index (χ4v) is 2.78. The predicted octanol–water partition coefficient (Wildman–Crippen LogP) is 3.73. The second-order valence-corrected chi connectivity index (χ2v) is 6.57. The van der Waals surface area contributed by atoms with Crippen LogP contribution in [0.5, 0.6) is 5.75 Å². The van der Waals surface area contributed by atoms with Crippen LogP contribution in [0.2, 0.25) is 0 Å². The summed E-state index contributed by atoms with van der Waals surface area (Å²) in [6, 6.07) is 18.5. The highest BCUT2D eigenvalue weighted by atomic mass is 16.5. The molecule has 0 radical (unpaired) electrons. The van der Waals surface area contributed by atoms with Crippen molar-refractivity contribution in [2.24, 2.45) is 0 Å². The van der Waals surface area contributed by atoms with Crippen molar-refractivity contribution in [3.8, 4) is 11.6 Å². The molecule has 2 heterocycles. The van der Waals surface area contributed by atoms with Crippen molar-refractivity contribution in [2.75, 3.05) is 17.2 Å². The Balaban J connectivity index is 1.33. The maximum absolute atomic E-state index is 12.1. The summed E-state index contributed by atoms with van der Waals surface area (Å²) < 4.78 is 7.18. The van der Waals surface area contributed by atoms with Gasteiger partial charge in [-0.25, -0.2) is 14.6 Å². The Morgan fingerprint density at radius 1 is 1.03 bits per heavy atom. The molecule has 30 heavy (non-hydrogen) atoms. The van der Waals surface area contributed by atoms with Gasteiger partial charge in [0.1, 0.15) is 17.9 Å². The van der Waals surface area contributed by atoms with Gasteiger partial charge in [0.15, 0.2) is 12.4 Å². The van der Waals surface area contributed by atoms with Gasteiger partial charge < -0.3 is 15.4 Å². The monoisotopic (exact) mass is 400 g/mol. The second kappa shape index (κ2) is 8.87. The van der Waals surface area contributed by atoms with E-state index in [1.54, 1.807) is 16.9 Å². The van der Waals surface area contributed by atoms with Crippen LogP contribution in [0.4, 0.5) is 17.2 Å². The van der Waals surface area contributed by atoms with E-state index in [0.29, 0.717) is 23.1 Å². The number of nitrogens with zero attached hydrogens (tertiary/aromatic N) is 4. The van der Waals surface area contributed by atoms with Crippen LogP contribution < -0.4 is 15.4 Å². The Bertz CT molecular complexity index is 1130. The molecule has 150 valence electrons. The Hall–Kier alpha value is -4.20. The fraction of sp³-hybridized carbons (Fsp3) is 0.0909. The molecule has 0 aliphatic rings. The number of hydrogen-bond donors (Lipinski definition) is 2. The molecule has 0 spiro atoms. The highest BCUT2D eigenvalue weighted by molar-refractivity contribution is 5.92. The average Bonchev–Trinajstić information content (AvgIpc) is 3.29. The standard InChI is InChI=1S/C22H20N6O2/c1-16-4-2-5-19(12-16)30-14-22(29)27-18-8-6-17(7-9-18)26-20-13-21(24-15-23-20)28-11-3-10-25-28/h2-13,15H,14H2,1H3,(H,27,29)(H,23,24,26). The molecule has 8 heteroatoms. The first kappa shape index (κ1) is 19.1. The van der Waals surface area contributed by atoms with Crippen LogP contribution in [-0.2, 0) is 4.79 Å². The molecule has 2 N–H and O–H groups in total. The number of carbonyl (C=O) groups excluding carboxylic acids is 1. The molecule has 0 unspecified atom stereocenters. The minimum Gasteiger partial charge on any atom is -0.484 e. The maximum atomic E-state index is 12.1. The van der Waals surface area contributed by atoms with E-state index in [0.717, 1.165) is 11.3 Å². The van der Waals surface area contributed by atoms with Gasteiger partial charge in [-0.15, -0.1) is 0 Å². The number of aryl methyl sites for hydroxylation is 1. The summed E-state index contributed by atoms with van der Waals surface area (Å²) in [5.74, 6) is 1.75. The molecule has 4 rings (SSSR count). The van der Waals surface area contributed by atoms with Gasteiger partial charge in [-0.2, -0.15) is 5.10 Å². The number of rotatable bonds is 7. The lowest BCUT2D eigenvalue weighted by molar-refractivity contribution is -0.118. The lowest BCUT2D eigenvalue weighted by Crippen LogP contribution is -2.20. The highest BCUT2D eigenvalue weighted by Gasteiger charge is 2.05. The number of carbonyl (C=O) groups is 1. The van der Waals surface area contributed by atoms with E-state index in [1.165, 1.54) is 6.33 Å². The van der Waals surface area contributed by atoms with Gasteiger partial charge in [0, 0.05) is 29.8 Å². The van der Waals surface area contributed by atoms with Crippen molar-refractivity contribution in [1.82, 2.24) is 19.7 Å². The molecule has 2 aromatic heterocycles. The van der Waals surface area contributed by atoms with E-state index in [1.807, 2.05) is 67.7 Å². The van der Waals surface area contributed by atoms with Crippen molar-refractivity contribution in [1.29, 1.82) is 0 Å². The van der Waals surface area contributed by atoms with E-state index in [9.17, 15) is 4.79 Å².